The lowest BCUT2D eigenvalue weighted by molar-refractivity contribution is 0.101. The van der Waals surface area contributed by atoms with Gasteiger partial charge in [0.1, 0.15) is 0 Å². The number of H-pyrrole nitrogens is 2. The van der Waals surface area contributed by atoms with Crippen molar-refractivity contribution in [2.24, 2.45) is 0 Å². The van der Waals surface area contributed by atoms with Crippen molar-refractivity contribution in [3.8, 4) is 11.4 Å². The number of nitrogens with zero attached hydrogens (tertiary/aromatic N) is 3. The van der Waals surface area contributed by atoms with Crippen LogP contribution < -0.4 is 0 Å². The second kappa shape index (κ2) is 5.70. The molecule has 0 aliphatic heterocycles. The highest BCUT2D eigenvalue weighted by Gasteiger charge is 2.10. The third kappa shape index (κ3) is 2.77. The average molecular weight is 285 g/mol. The zero-order valence-corrected chi connectivity index (χ0v) is 11.2. The van der Waals surface area contributed by atoms with E-state index in [2.05, 4.69) is 25.1 Å². The first-order valence-corrected chi connectivity index (χ1v) is 6.93. The predicted molar refractivity (Wildman–Crippen MR) is 75.5 cm³/mol. The largest absolute Gasteiger partial charge is 0.359 e. The summed E-state index contributed by atoms with van der Waals surface area (Å²) in [5.74, 6) is 0.992. The van der Waals surface area contributed by atoms with E-state index in [1.54, 1.807) is 30.7 Å². The van der Waals surface area contributed by atoms with Crippen LogP contribution in [0.15, 0.2) is 48.0 Å². The van der Waals surface area contributed by atoms with Crippen LogP contribution in [0.5, 0.6) is 0 Å². The van der Waals surface area contributed by atoms with Gasteiger partial charge < -0.3 is 4.98 Å². The van der Waals surface area contributed by atoms with Gasteiger partial charge in [-0.1, -0.05) is 11.8 Å². The van der Waals surface area contributed by atoms with Crippen LogP contribution in [0.4, 0.5) is 0 Å². The quantitative estimate of drug-likeness (QED) is 0.554. The third-order valence-electron chi connectivity index (χ3n) is 2.65. The van der Waals surface area contributed by atoms with Crippen LogP contribution >= 0.6 is 11.8 Å². The highest BCUT2D eigenvalue weighted by molar-refractivity contribution is 7.99. The molecular weight excluding hydrogens is 274 g/mol. The summed E-state index contributed by atoms with van der Waals surface area (Å²) in [4.78, 5) is 23.0. The number of pyridine rings is 1. The van der Waals surface area contributed by atoms with Gasteiger partial charge in [0.2, 0.25) is 5.16 Å². The summed E-state index contributed by atoms with van der Waals surface area (Å²) in [6, 6.07) is 7.24. The summed E-state index contributed by atoms with van der Waals surface area (Å²) in [6.45, 7) is 0. The molecule has 20 heavy (non-hydrogen) atoms. The third-order valence-corrected chi connectivity index (χ3v) is 3.50. The summed E-state index contributed by atoms with van der Waals surface area (Å²) in [5.41, 5.74) is 1.51. The Morgan fingerprint density at radius 3 is 2.85 bits per heavy atom. The summed E-state index contributed by atoms with van der Waals surface area (Å²) >= 11 is 1.30. The van der Waals surface area contributed by atoms with E-state index in [1.165, 1.54) is 11.8 Å². The van der Waals surface area contributed by atoms with Gasteiger partial charge in [-0.15, -0.1) is 5.10 Å². The number of hydrogen-bond acceptors (Lipinski definition) is 5. The lowest BCUT2D eigenvalue weighted by Crippen LogP contribution is -2.02. The van der Waals surface area contributed by atoms with E-state index in [4.69, 9.17) is 0 Å². The number of thioether (sulfide) groups is 1. The van der Waals surface area contributed by atoms with Gasteiger partial charge in [-0.2, -0.15) is 0 Å². The molecule has 0 radical (unpaired) electrons. The van der Waals surface area contributed by atoms with Crippen LogP contribution in [0.25, 0.3) is 11.4 Å². The van der Waals surface area contributed by atoms with Gasteiger partial charge in [0.15, 0.2) is 11.6 Å². The van der Waals surface area contributed by atoms with Gasteiger partial charge in [-0.3, -0.25) is 14.9 Å². The van der Waals surface area contributed by atoms with Gasteiger partial charge in [0.05, 0.1) is 11.4 Å². The van der Waals surface area contributed by atoms with Gasteiger partial charge in [0.25, 0.3) is 0 Å². The van der Waals surface area contributed by atoms with E-state index in [1.807, 2.05) is 12.1 Å². The second-order valence-corrected chi connectivity index (χ2v) is 4.94. The predicted octanol–water partition coefficient (Wildman–Crippen LogP) is 2.17. The van der Waals surface area contributed by atoms with Crippen LogP contribution in [0.2, 0.25) is 0 Å². The van der Waals surface area contributed by atoms with Crippen LogP contribution in [-0.4, -0.2) is 36.7 Å². The SMILES string of the molecule is O=C(CSc1n[nH]c(-c2ccncc2)n1)c1ccc[nH]1. The molecule has 3 rings (SSSR count). The first-order chi connectivity index (χ1) is 9.83. The molecule has 0 fully saturated rings. The topological polar surface area (TPSA) is 87.3 Å². The van der Waals surface area contributed by atoms with Crippen molar-refractivity contribution in [1.29, 1.82) is 0 Å². The minimum absolute atomic E-state index is 0.0234. The Bertz CT molecular complexity index is 693. The standard InChI is InChI=1S/C13H11N5OS/c19-11(10-2-1-5-15-10)8-20-13-16-12(17-18-13)9-3-6-14-7-4-9/h1-7,15H,8H2,(H,16,17,18). The van der Waals surface area contributed by atoms with Crippen molar-refractivity contribution in [3.05, 3.63) is 48.5 Å². The maximum absolute atomic E-state index is 11.8. The van der Waals surface area contributed by atoms with Crippen molar-refractivity contribution in [1.82, 2.24) is 25.1 Å². The first-order valence-electron chi connectivity index (χ1n) is 5.95. The van der Waals surface area contributed by atoms with Gasteiger partial charge in [-0.05, 0) is 24.3 Å². The molecular formula is C13H11N5OS. The van der Waals surface area contributed by atoms with Crippen molar-refractivity contribution in [2.45, 2.75) is 5.16 Å². The van der Waals surface area contributed by atoms with Crippen molar-refractivity contribution < 1.29 is 4.79 Å². The Labute approximate surface area is 119 Å². The number of rotatable bonds is 5. The van der Waals surface area contributed by atoms with Gasteiger partial charge in [-0.25, -0.2) is 4.98 Å². The molecule has 3 heterocycles. The summed E-state index contributed by atoms with van der Waals surface area (Å²) in [5, 5.41) is 7.49. The van der Waals surface area contributed by atoms with E-state index >= 15 is 0 Å². The number of aromatic amines is 2. The molecule has 0 saturated heterocycles. The molecule has 0 bridgehead atoms. The van der Waals surface area contributed by atoms with Crippen LogP contribution in [0.1, 0.15) is 10.5 Å². The summed E-state index contributed by atoms with van der Waals surface area (Å²) < 4.78 is 0. The molecule has 0 aliphatic rings. The number of carbonyl (C=O) groups is 1. The highest BCUT2D eigenvalue weighted by Crippen LogP contribution is 2.19. The van der Waals surface area contributed by atoms with Crippen molar-refractivity contribution >= 4 is 17.5 Å². The lowest BCUT2D eigenvalue weighted by atomic mass is 10.3. The maximum Gasteiger partial charge on any atom is 0.209 e. The number of carbonyl (C=O) groups excluding carboxylic acids is 1. The Hall–Kier alpha value is -2.41. The smallest absolute Gasteiger partial charge is 0.209 e. The normalized spacial score (nSPS) is 10.6. The summed E-state index contributed by atoms with van der Waals surface area (Å²) in [7, 11) is 0. The number of aromatic nitrogens is 5. The van der Waals surface area contributed by atoms with Crippen molar-refractivity contribution in [2.75, 3.05) is 5.75 Å². The fourth-order valence-electron chi connectivity index (χ4n) is 1.66. The van der Waals surface area contributed by atoms with Crippen molar-refractivity contribution in [3.63, 3.8) is 0 Å². The first kappa shape index (κ1) is 12.6. The Balaban J connectivity index is 1.65. The number of Topliss-reactive ketones (excluding diaryl/α,β-unsaturated/α-hetero) is 1. The van der Waals surface area contributed by atoms with Crippen LogP contribution in [0, 0.1) is 0 Å². The molecule has 3 aromatic rings. The van der Waals surface area contributed by atoms with Gasteiger partial charge in [0, 0.05) is 24.2 Å². The number of nitrogens with one attached hydrogen (secondary N) is 2. The molecule has 0 saturated carbocycles. The molecule has 2 N–H and O–H groups in total. The zero-order valence-electron chi connectivity index (χ0n) is 10.4. The van der Waals surface area contributed by atoms with Crippen LogP contribution in [0.3, 0.4) is 0 Å². The molecule has 100 valence electrons. The average Bonchev–Trinajstić information content (AvgIpc) is 3.17. The molecule has 0 spiro atoms. The number of hydrogen-bond donors (Lipinski definition) is 2. The van der Waals surface area contributed by atoms with E-state index in [0.29, 0.717) is 22.4 Å². The Morgan fingerprint density at radius 2 is 2.10 bits per heavy atom. The molecule has 0 atom stereocenters. The fraction of sp³-hybridized carbons (Fsp3) is 0.0769. The maximum atomic E-state index is 11.8. The Morgan fingerprint density at radius 1 is 1.25 bits per heavy atom. The van der Waals surface area contributed by atoms with E-state index < -0.39 is 0 Å². The summed E-state index contributed by atoms with van der Waals surface area (Å²) in [6.07, 6.45) is 5.12. The molecule has 0 amide bonds. The van der Waals surface area contributed by atoms with E-state index in [9.17, 15) is 4.79 Å². The van der Waals surface area contributed by atoms with E-state index in [-0.39, 0.29) is 5.78 Å². The molecule has 3 aromatic heterocycles. The number of ketones is 1. The molecule has 0 aliphatic carbocycles. The zero-order chi connectivity index (χ0) is 13.8. The highest BCUT2D eigenvalue weighted by atomic mass is 32.2. The second-order valence-electron chi connectivity index (χ2n) is 4.00. The van der Waals surface area contributed by atoms with Crippen LogP contribution in [-0.2, 0) is 0 Å². The monoisotopic (exact) mass is 285 g/mol. The van der Waals surface area contributed by atoms with Gasteiger partial charge >= 0.3 is 0 Å². The molecule has 0 aromatic carbocycles. The minimum atomic E-state index is 0.0234. The lowest BCUT2D eigenvalue weighted by Gasteiger charge is -1.95. The Kier molecular flexibility index (Phi) is 3.60. The fourth-order valence-corrected chi connectivity index (χ4v) is 2.34. The van der Waals surface area contributed by atoms with E-state index in [0.717, 1.165) is 5.56 Å². The molecule has 0 unspecified atom stereocenters. The molecule has 7 heteroatoms. The minimum Gasteiger partial charge on any atom is -0.359 e. The molecule has 6 nitrogen and oxygen atoms in total.